The van der Waals surface area contributed by atoms with Crippen molar-refractivity contribution >= 4 is 13.7 Å². The van der Waals surface area contributed by atoms with Crippen LogP contribution in [0.2, 0.25) is 0 Å². The maximum atomic E-state index is 12.9. The molecule has 3 N–H and O–H groups in total. The number of amides is 1. The molecule has 0 radical (unpaired) electrons. The third kappa shape index (κ3) is 42.9. The second-order valence-electron chi connectivity index (χ2n) is 17.9. The van der Waals surface area contributed by atoms with E-state index in [1.165, 1.54) is 161 Å². The Morgan fingerprint density at radius 2 is 0.982 bits per heavy atom. The number of unbranched alkanes of at least 4 members (excludes halogenated alkanes) is 28. The Morgan fingerprint density at radius 1 is 0.596 bits per heavy atom. The van der Waals surface area contributed by atoms with E-state index in [0.717, 1.165) is 38.5 Å². The van der Waals surface area contributed by atoms with E-state index in [1.54, 1.807) is 0 Å². The Balaban J connectivity index is 4.30. The monoisotopic (exact) mass is 828 g/mol. The fourth-order valence-corrected chi connectivity index (χ4v) is 7.83. The Kier molecular flexibility index (Phi) is 39.7. The van der Waals surface area contributed by atoms with Crippen LogP contribution in [-0.2, 0) is 18.4 Å². The summed E-state index contributed by atoms with van der Waals surface area (Å²) in [6, 6.07) is -0.760. The topological polar surface area (TPSA) is 105 Å². The number of rotatable bonds is 44. The van der Waals surface area contributed by atoms with Gasteiger partial charge in [0.1, 0.15) is 13.2 Å². The maximum Gasteiger partial charge on any atom is 0.472 e. The molecule has 0 saturated heterocycles. The molecule has 0 aromatic carbocycles. The molecule has 0 saturated carbocycles. The predicted octanol–water partition coefficient (Wildman–Crippen LogP) is 13.7. The molecule has 0 aliphatic carbocycles. The molecule has 0 bridgehead atoms. The average molecular weight is 828 g/mol. The van der Waals surface area contributed by atoms with Crippen molar-refractivity contribution in [3.63, 3.8) is 0 Å². The van der Waals surface area contributed by atoms with Gasteiger partial charge in [-0.05, 0) is 38.5 Å². The van der Waals surface area contributed by atoms with E-state index in [0.29, 0.717) is 23.9 Å². The molecule has 3 unspecified atom stereocenters. The summed E-state index contributed by atoms with van der Waals surface area (Å²) in [5.74, 6) is -0.147. The average Bonchev–Trinajstić information content (AvgIpc) is 3.16. The lowest BCUT2D eigenvalue weighted by Gasteiger charge is -2.26. The third-order valence-electron chi connectivity index (χ3n) is 11.0. The van der Waals surface area contributed by atoms with Crippen LogP contribution in [0.5, 0.6) is 0 Å². The second-order valence-corrected chi connectivity index (χ2v) is 19.3. The first-order chi connectivity index (χ1) is 27.5. The van der Waals surface area contributed by atoms with Crippen LogP contribution in [0.25, 0.3) is 0 Å². The standard InChI is InChI=1S/C48H95N2O6P/c1-6-8-10-12-14-16-18-20-22-24-25-26-28-30-32-34-36-38-40-42-48(52)49-46(45-56-57(53,54)55-44-43-50(3,4)5)47(51)41-39-37-35-33-31-29-27-23-21-19-17-15-13-11-9-7-2/h14,16,18,20,46-47,51H,6-13,15,17,19,21-45H2,1-5H3,(H-,49,52,53,54)/p+1/b16-14-,20-18-. The summed E-state index contributed by atoms with van der Waals surface area (Å²) in [7, 11) is 1.62. The summed E-state index contributed by atoms with van der Waals surface area (Å²) in [6.07, 6.45) is 47.7. The second kappa shape index (κ2) is 40.4. The number of phosphoric ester groups is 1. The van der Waals surface area contributed by atoms with Crippen LogP contribution in [0, 0.1) is 0 Å². The number of hydrogen-bond acceptors (Lipinski definition) is 5. The molecule has 0 aliphatic rings. The molecule has 0 aliphatic heterocycles. The van der Waals surface area contributed by atoms with Gasteiger partial charge in [-0.1, -0.05) is 205 Å². The number of hydrogen-bond donors (Lipinski definition) is 3. The van der Waals surface area contributed by atoms with E-state index in [9.17, 15) is 19.4 Å². The lowest BCUT2D eigenvalue weighted by molar-refractivity contribution is -0.870. The van der Waals surface area contributed by atoms with Gasteiger partial charge in [0.25, 0.3) is 0 Å². The van der Waals surface area contributed by atoms with Gasteiger partial charge in [-0.2, -0.15) is 0 Å². The van der Waals surface area contributed by atoms with E-state index in [-0.39, 0.29) is 19.1 Å². The van der Waals surface area contributed by atoms with Gasteiger partial charge < -0.3 is 19.8 Å². The van der Waals surface area contributed by atoms with Gasteiger partial charge in [0.15, 0.2) is 0 Å². The third-order valence-corrected chi connectivity index (χ3v) is 12.0. The molecule has 0 aromatic heterocycles. The molecule has 57 heavy (non-hydrogen) atoms. The number of carbonyl (C=O) groups is 1. The molecule has 338 valence electrons. The molecule has 3 atom stereocenters. The van der Waals surface area contributed by atoms with Crippen molar-refractivity contribution in [1.82, 2.24) is 5.32 Å². The van der Waals surface area contributed by atoms with Gasteiger partial charge in [-0.15, -0.1) is 0 Å². The van der Waals surface area contributed by atoms with Crippen LogP contribution >= 0.6 is 7.82 Å². The molecular weight excluding hydrogens is 732 g/mol. The zero-order chi connectivity index (χ0) is 42.1. The van der Waals surface area contributed by atoms with Crippen LogP contribution in [0.3, 0.4) is 0 Å². The molecule has 0 heterocycles. The predicted molar refractivity (Wildman–Crippen MR) is 245 cm³/mol. The highest BCUT2D eigenvalue weighted by molar-refractivity contribution is 7.47. The molecule has 0 spiro atoms. The van der Waals surface area contributed by atoms with Crippen molar-refractivity contribution in [2.75, 3.05) is 40.9 Å². The molecule has 9 heteroatoms. The van der Waals surface area contributed by atoms with Crippen molar-refractivity contribution < 1.29 is 32.9 Å². The maximum absolute atomic E-state index is 12.9. The highest BCUT2D eigenvalue weighted by atomic mass is 31.2. The number of allylic oxidation sites excluding steroid dienone is 4. The number of aliphatic hydroxyl groups is 1. The van der Waals surface area contributed by atoms with Gasteiger partial charge in [-0.25, -0.2) is 4.57 Å². The fourth-order valence-electron chi connectivity index (χ4n) is 7.10. The Hall–Kier alpha value is -1.02. The van der Waals surface area contributed by atoms with E-state index in [1.807, 2.05) is 21.1 Å². The van der Waals surface area contributed by atoms with Gasteiger partial charge in [0, 0.05) is 6.42 Å². The van der Waals surface area contributed by atoms with Gasteiger partial charge in [0.05, 0.1) is 39.9 Å². The first-order valence-corrected chi connectivity index (χ1v) is 25.7. The van der Waals surface area contributed by atoms with Gasteiger partial charge in [-0.3, -0.25) is 13.8 Å². The van der Waals surface area contributed by atoms with Crippen LogP contribution in [0.4, 0.5) is 0 Å². The van der Waals surface area contributed by atoms with Crippen molar-refractivity contribution in [3.05, 3.63) is 24.3 Å². The Morgan fingerprint density at radius 3 is 1.44 bits per heavy atom. The minimum Gasteiger partial charge on any atom is -0.391 e. The van der Waals surface area contributed by atoms with Crippen molar-refractivity contribution in [2.24, 2.45) is 0 Å². The number of nitrogens with zero attached hydrogens (tertiary/aromatic N) is 1. The van der Waals surface area contributed by atoms with Crippen LogP contribution in [0.1, 0.15) is 226 Å². The molecule has 8 nitrogen and oxygen atoms in total. The summed E-state index contributed by atoms with van der Waals surface area (Å²) in [5.41, 5.74) is 0. The SMILES string of the molecule is CCCCC/C=C\C=C/CCCCCCCCCCCCC(=O)NC(COP(=O)(O)OCC[N+](C)(C)C)C(O)CCCCCCCCCCCCCCCCCC. The number of aliphatic hydroxyl groups excluding tert-OH is 1. The van der Waals surface area contributed by atoms with Crippen molar-refractivity contribution in [2.45, 2.75) is 238 Å². The minimum absolute atomic E-state index is 0.0748. The van der Waals surface area contributed by atoms with E-state index < -0.39 is 20.0 Å². The molecule has 0 aromatic rings. The van der Waals surface area contributed by atoms with Crippen LogP contribution in [0.15, 0.2) is 24.3 Å². The largest absolute Gasteiger partial charge is 0.472 e. The van der Waals surface area contributed by atoms with E-state index >= 15 is 0 Å². The van der Waals surface area contributed by atoms with Crippen molar-refractivity contribution in [1.29, 1.82) is 0 Å². The zero-order valence-corrected chi connectivity index (χ0v) is 39.2. The van der Waals surface area contributed by atoms with Crippen LogP contribution in [-0.4, -0.2) is 73.4 Å². The molecular formula is C48H96N2O6P+. The Labute approximate surface area is 354 Å². The summed E-state index contributed by atoms with van der Waals surface area (Å²) in [6.45, 7) is 4.87. The summed E-state index contributed by atoms with van der Waals surface area (Å²) >= 11 is 0. The number of nitrogens with one attached hydrogen (secondary N) is 1. The summed E-state index contributed by atoms with van der Waals surface area (Å²) in [4.78, 5) is 23.2. The van der Waals surface area contributed by atoms with Crippen molar-refractivity contribution in [3.8, 4) is 0 Å². The number of quaternary nitrogens is 1. The highest BCUT2D eigenvalue weighted by Gasteiger charge is 2.28. The number of phosphoric acid groups is 1. The van der Waals surface area contributed by atoms with Gasteiger partial charge >= 0.3 is 7.82 Å². The number of carbonyl (C=O) groups excluding carboxylic acids is 1. The summed E-state index contributed by atoms with van der Waals surface area (Å²) in [5, 5.41) is 14.0. The summed E-state index contributed by atoms with van der Waals surface area (Å²) < 4.78 is 23.7. The highest BCUT2D eigenvalue weighted by Crippen LogP contribution is 2.43. The minimum atomic E-state index is -4.31. The molecule has 0 fully saturated rings. The Bertz CT molecular complexity index is 984. The molecule has 0 rings (SSSR count). The first kappa shape index (κ1) is 56.0. The lowest BCUT2D eigenvalue weighted by atomic mass is 10.0. The normalized spacial score (nSPS) is 14.4. The quantitative estimate of drug-likeness (QED) is 0.0244. The number of likely N-dealkylation sites (N-methyl/N-ethyl adjacent to an activating group) is 1. The molecule has 1 amide bonds. The first-order valence-electron chi connectivity index (χ1n) is 24.2. The smallest absolute Gasteiger partial charge is 0.391 e. The van der Waals surface area contributed by atoms with Gasteiger partial charge in [0.2, 0.25) is 5.91 Å². The van der Waals surface area contributed by atoms with E-state index in [4.69, 9.17) is 9.05 Å². The lowest BCUT2D eigenvalue weighted by Crippen LogP contribution is -2.46. The van der Waals surface area contributed by atoms with Crippen LogP contribution < -0.4 is 5.32 Å². The fraction of sp³-hybridized carbons (Fsp3) is 0.896. The zero-order valence-electron chi connectivity index (χ0n) is 38.3. The van der Waals surface area contributed by atoms with E-state index in [2.05, 4.69) is 43.5 Å².